The van der Waals surface area contributed by atoms with E-state index in [0.717, 1.165) is 17.8 Å². The van der Waals surface area contributed by atoms with Crippen LogP contribution in [0.3, 0.4) is 0 Å². The molecule has 0 spiro atoms. The first kappa shape index (κ1) is 13.3. The molecule has 0 saturated carbocycles. The van der Waals surface area contributed by atoms with Crippen molar-refractivity contribution in [3.63, 3.8) is 0 Å². The molecule has 2 aromatic heterocycles. The van der Waals surface area contributed by atoms with Gasteiger partial charge in [0.2, 0.25) is 0 Å². The lowest BCUT2D eigenvalue weighted by Crippen LogP contribution is -2.28. The fraction of sp³-hybridized carbons (Fsp3) is 0.462. The van der Waals surface area contributed by atoms with Crippen molar-refractivity contribution in [1.29, 1.82) is 0 Å². The number of hydrogen-bond acceptors (Lipinski definition) is 3. The van der Waals surface area contributed by atoms with Crippen LogP contribution in [0.4, 0.5) is 0 Å². The van der Waals surface area contributed by atoms with Crippen molar-refractivity contribution in [3.8, 4) is 0 Å². The molecule has 0 aliphatic heterocycles. The Hall–Kier alpha value is -1.10. The van der Waals surface area contributed by atoms with Crippen LogP contribution in [-0.4, -0.2) is 26.6 Å². The highest BCUT2D eigenvalue weighted by atomic mass is 35.5. The summed E-state index contributed by atoms with van der Waals surface area (Å²) in [7, 11) is 0. The van der Waals surface area contributed by atoms with Gasteiger partial charge in [-0.2, -0.15) is 0 Å². The van der Waals surface area contributed by atoms with E-state index in [0.29, 0.717) is 11.6 Å². The van der Waals surface area contributed by atoms with Gasteiger partial charge in [-0.3, -0.25) is 0 Å². The van der Waals surface area contributed by atoms with E-state index in [4.69, 9.17) is 11.6 Å². The lowest BCUT2D eigenvalue weighted by molar-refractivity contribution is 0.170. The van der Waals surface area contributed by atoms with Gasteiger partial charge in [0.15, 0.2) is 0 Å². The summed E-state index contributed by atoms with van der Waals surface area (Å²) in [4.78, 5) is 4.48. The summed E-state index contributed by atoms with van der Waals surface area (Å²) in [5.41, 5.74) is 1.86. The van der Waals surface area contributed by atoms with E-state index in [9.17, 15) is 5.11 Å². The van der Waals surface area contributed by atoms with E-state index in [1.165, 1.54) is 0 Å². The van der Waals surface area contributed by atoms with Gasteiger partial charge in [0.1, 0.15) is 5.65 Å². The van der Waals surface area contributed by atoms with Gasteiger partial charge in [0.05, 0.1) is 16.8 Å². The van der Waals surface area contributed by atoms with E-state index >= 15 is 0 Å². The van der Waals surface area contributed by atoms with E-state index in [2.05, 4.69) is 17.2 Å². The molecule has 5 heteroatoms. The summed E-state index contributed by atoms with van der Waals surface area (Å²) < 4.78 is 1.92. The number of nitrogens with zero attached hydrogens (tertiary/aromatic N) is 2. The summed E-state index contributed by atoms with van der Waals surface area (Å²) in [6, 6.07) is 3.99. The number of aliphatic hydroxyl groups is 1. The van der Waals surface area contributed by atoms with Gasteiger partial charge in [0.25, 0.3) is 0 Å². The number of pyridine rings is 1. The van der Waals surface area contributed by atoms with Crippen LogP contribution in [0.2, 0.25) is 5.02 Å². The summed E-state index contributed by atoms with van der Waals surface area (Å²) in [6.45, 7) is 4.54. The summed E-state index contributed by atoms with van der Waals surface area (Å²) in [5, 5.41) is 13.3. The third-order valence-corrected chi connectivity index (χ3v) is 3.01. The van der Waals surface area contributed by atoms with Crippen molar-refractivity contribution in [2.24, 2.45) is 0 Å². The molecule has 2 heterocycles. The Kier molecular flexibility index (Phi) is 4.22. The van der Waals surface area contributed by atoms with E-state index in [-0.39, 0.29) is 12.1 Å². The average Bonchev–Trinajstić information content (AvgIpc) is 2.67. The standard InChI is InChI=1S/C13H18ClN3O/c1-9(5-10(2)18)15-6-12-8-17-7-11(14)3-4-13(17)16-12/h3-4,7-10,15,18H,5-6H2,1-2H3. The van der Waals surface area contributed by atoms with E-state index in [1.54, 1.807) is 6.92 Å². The number of aromatic nitrogens is 2. The molecule has 18 heavy (non-hydrogen) atoms. The van der Waals surface area contributed by atoms with Gasteiger partial charge in [-0.15, -0.1) is 0 Å². The van der Waals surface area contributed by atoms with Gasteiger partial charge in [-0.1, -0.05) is 11.6 Å². The minimum atomic E-state index is -0.285. The third kappa shape index (κ3) is 3.45. The molecule has 2 N–H and O–H groups in total. The first-order valence-electron chi connectivity index (χ1n) is 6.09. The maximum Gasteiger partial charge on any atom is 0.137 e. The Balaban J connectivity index is 1.99. The van der Waals surface area contributed by atoms with Crippen LogP contribution in [0.15, 0.2) is 24.5 Å². The average molecular weight is 268 g/mol. The van der Waals surface area contributed by atoms with Crippen LogP contribution in [0.25, 0.3) is 5.65 Å². The molecule has 2 rings (SSSR count). The smallest absolute Gasteiger partial charge is 0.137 e. The Morgan fingerprint density at radius 3 is 2.89 bits per heavy atom. The second-order valence-corrected chi connectivity index (χ2v) is 5.15. The van der Waals surface area contributed by atoms with Gasteiger partial charge in [-0.05, 0) is 32.4 Å². The molecular weight excluding hydrogens is 250 g/mol. The lowest BCUT2D eigenvalue weighted by atomic mass is 10.1. The summed E-state index contributed by atoms with van der Waals surface area (Å²) >= 11 is 5.92. The monoisotopic (exact) mass is 267 g/mol. The molecule has 0 aliphatic carbocycles. The molecule has 98 valence electrons. The van der Waals surface area contributed by atoms with Crippen LogP contribution in [0, 0.1) is 0 Å². The second kappa shape index (κ2) is 5.69. The number of halogens is 1. The first-order valence-corrected chi connectivity index (χ1v) is 6.47. The van der Waals surface area contributed by atoms with Crippen molar-refractivity contribution in [2.75, 3.05) is 0 Å². The Morgan fingerprint density at radius 1 is 1.39 bits per heavy atom. The van der Waals surface area contributed by atoms with Crippen molar-refractivity contribution in [2.45, 2.75) is 39.0 Å². The van der Waals surface area contributed by atoms with Crippen LogP contribution in [0.5, 0.6) is 0 Å². The Morgan fingerprint density at radius 2 is 2.17 bits per heavy atom. The van der Waals surface area contributed by atoms with Gasteiger partial charge < -0.3 is 14.8 Å². The predicted molar refractivity (Wildman–Crippen MR) is 72.8 cm³/mol. The highest BCUT2D eigenvalue weighted by molar-refractivity contribution is 6.30. The molecule has 0 fully saturated rings. The number of aliphatic hydroxyl groups excluding tert-OH is 1. The second-order valence-electron chi connectivity index (χ2n) is 4.71. The largest absolute Gasteiger partial charge is 0.393 e. The van der Waals surface area contributed by atoms with E-state index < -0.39 is 0 Å². The number of hydrogen-bond donors (Lipinski definition) is 2. The molecule has 0 saturated heterocycles. The molecule has 0 bridgehead atoms. The van der Waals surface area contributed by atoms with Crippen LogP contribution < -0.4 is 5.32 Å². The van der Waals surface area contributed by atoms with Gasteiger partial charge in [0, 0.05) is 25.0 Å². The SMILES string of the molecule is CC(O)CC(C)NCc1cn2cc(Cl)ccc2n1. The molecule has 0 aliphatic rings. The molecule has 2 atom stereocenters. The number of imidazole rings is 1. The van der Waals surface area contributed by atoms with Crippen LogP contribution >= 0.6 is 11.6 Å². The zero-order chi connectivity index (χ0) is 13.1. The molecule has 0 radical (unpaired) electrons. The number of fused-ring (bicyclic) bond motifs is 1. The van der Waals surface area contributed by atoms with Crippen LogP contribution in [-0.2, 0) is 6.54 Å². The van der Waals surface area contributed by atoms with Crippen molar-refractivity contribution in [3.05, 3.63) is 35.2 Å². The number of nitrogens with one attached hydrogen (secondary N) is 1. The van der Waals surface area contributed by atoms with E-state index in [1.807, 2.05) is 28.9 Å². The maximum absolute atomic E-state index is 9.29. The molecule has 2 unspecified atom stereocenters. The zero-order valence-corrected chi connectivity index (χ0v) is 11.4. The summed E-state index contributed by atoms with van der Waals surface area (Å²) in [5.74, 6) is 0. The molecule has 0 amide bonds. The predicted octanol–water partition coefficient (Wildman–Crippen LogP) is 2.24. The fourth-order valence-corrected chi connectivity index (χ4v) is 2.14. The molecule has 0 aromatic carbocycles. The number of rotatable bonds is 5. The normalized spacial score (nSPS) is 14.9. The topological polar surface area (TPSA) is 49.6 Å². The maximum atomic E-state index is 9.29. The Labute approximate surface area is 112 Å². The molecular formula is C13H18ClN3O. The molecule has 4 nitrogen and oxygen atoms in total. The fourth-order valence-electron chi connectivity index (χ4n) is 1.98. The van der Waals surface area contributed by atoms with Crippen molar-refractivity contribution in [1.82, 2.24) is 14.7 Å². The van der Waals surface area contributed by atoms with Crippen LogP contribution in [0.1, 0.15) is 26.0 Å². The van der Waals surface area contributed by atoms with Gasteiger partial charge >= 0.3 is 0 Å². The Bertz CT molecular complexity index is 524. The lowest BCUT2D eigenvalue weighted by Gasteiger charge is -2.14. The highest BCUT2D eigenvalue weighted by Crippen LogP contribution is 2.11. The van der Waals surface area contributed by atoms with Gasteiger partial charge in [-0.25, -0.2) is 4.98 Å². The third-order valence-electron chi connectivity index (χ3n) is 2.79. The zero-order valence-electron chi connectivity index (χ0n) is 10.6. The van der Waals surface area contributed by atoms with Crippen molar-refractivity contribution < 1.29 is 5.11 Å². The molecule has 2 aromatic rings. The minimum Gasteiger partial charge on any atom is -0.393 e. The summed E-state index contributed by atoms with van der Waals surface area (Å²) in [6.07, 6.45) is 4.25. The quantitative estimate of drug-likeness (QED) is 0.874. The van der Waals surface area contributed by atoms with Crippen molar-refractivity contribution >= 4 is 17.2 Å². The minimum absolute atomic E-state index is 0.262. The highest BCUT2D eigenvalue weighted by Gasteiger charge is 2.07. The first-order chi connectivity index (χ1) is 8.54.